The van der Waals surface area contributed by atoms with Gasteiger partial charge in [-0.2, -0.15) is 0 Å². The van der Waals surface area contributed by atoms with Crippen LogP contribution in [-0.2, 0) is 16.0 Å². The number of esters is 1. The highest BCUT2D eigenvalue weighted by atomic mass is 79.9. The van der Waals surface area contributed by atoms with Crippen molar-refractivity contribution in [2.75, 3.05) is 6.61 Å². The molecule has 1 fully saturated rings. The Bertz CT molecular complexity index is 903. The molecule has 0 bridgehead atoms. The summed E-state index contributed by atoms with van der Waals surface area (Å²) >= 11 is 3.31. The number of hydrogen-bond donors (Lipinski definition) is 0. The Labute approximate surface area is 170 Å². The highest BCUT2D eigenvalue weighted by Crippen LogP contribution is 2.45. The van der Waals surface area contributed by atoms with Gasteiger partial charge in [0.1, 0.15) is 6.17 Å². The third kappa shape index (κ3) is 4.31. The van der Waals surface area contributed by atoms with Crippen molar-refractivity contribution in [2.24, 2.45) is 10.5 Å². The summed E-state index contributed by atoms with van der Waals surface area (Å²) in [6.07, 6.45) is 2.31. The van der Waals surface area contributed by atoms with E-state index in [2.05, 4.69) is 35.9 Å². The normalized spacial score (nSPS) is 23.8. The summed E-state index contributed by atoms with van der Waals surface area (Å²) in [6.45, 7) is 1.92. The van der Waals surface area contributed by atoms with Crippen LogP contribution >= 0.6 is 15.9 Å². The lowest BCUT2D eigenvalue weighted by atomic mass is 9.79. The molecule has 28 heavy (non-hydrogen) atoms. The minimum atomic E-state index is -1.38. The Hall–Kier alpha value is -2.51. The molecule has 3 rings (SSSR count). The van der Waals surface area contributed by atoms with E-state index in [4.69, 9.17) is 10.3 Å². The highest BCUT2D eigenvalue weighted by Gasteiger charge is 2.51. The number of nitrogens with zero attached hydrogens (tertiary/aromatic N) is 5. The lowest BCUT2D eigenvalue weighted by Crippen LogP contribution is -2.33. The van der Waals surface area contributed by atoms with Gasteiger partial charge in [0, 0.05) is 22.9 Å². The summed E-state index contributed by atoms with van der Waals surface area (Å²) in [5.41, 5.74) is 9.26. The topological polar surface area (TPSA) is 101 Å². The first-order chi connectivity index (χ1) is 13.5. The van der Waals surface area contributed by atoms with E-state index in [0.29, 0.717) is 5.82 Å². The Balaban J connectivity index is 1.91. The van der Waals surface area contributed by atoms with Crippen LogP contribution in [0.4, 0.5) is 4.39 Å². The van der Waals surface area contributed by atoms with Gasteiger partial charge in [0.2, 0.25) is 0 Å². The van der Waals surface area contributed by atoms with Crippen molar-refractivity contribution in [2.45, 2.75) is 38.4 Å². The molecule has 1 saturated carbocycles. The zero-order valence-electron chi connectivity index (χ0n) is 15.3. The number of benzene rings is 1. The van der Waals surface area contributed by atoms with E-state index in [1.807, 2.05) is 24.3 Å². The maximum atomic E-state index is 14.5. The van der Waals surface area contributed by atoms with E-state index < -0.39 is 23.6 Å². The number of alkyl halides is 1. The van der Waals surface area contributed by atoms with Gasteiger partial charge < -0.3 is 4.74 Å². The van der Waals surface area contributed by atoms with Crippen LogP contribution in [0, 0.1) is 5.41 Å². The van der Waals surface area contributed by atoms with Crippen molar-refractivity contribution in [3.05, 3.63) is 57.1 Å². The third-order valence-corrected chi connectivity index (χ3v) is 5.27. The van der Waals surface area contributed by atoms with Gasteiger partial charge in [-0.1, -0.05) is 23.3 Å². The van der Waals surface area contributed by atoms with E-state index in [-0.39, 0.29) is 25.9 Å². The van der Waals surface area contributed by atoms with Gasteiger partial charge in [-0.3, -0.25) is 4.79 Å². The number of aromatic nitrogens is 2. The molecule has 0 unspecified atom stereocenters. The summed E-state index contributed by atoms with van der Waals surface area (Å²) in [6, 6.07) is 6.61. The first-order valence-corrected chi connectivity index (χ1v) is 9.69. The molecule has 0 saturated heterocycles. The minimum absolute atomic E-state index is 0.0332. The molecule has 3 atom stereocenters. The Kier molecular flexibility index (Phi) is 6.26. The monoisotopic (exact) mass is 447 g/mol. The zero-order chi connectivity index (χ0) is 20.1. The van der Waals surface area contributed by atoms with Crippen LogP contribution in [-0.4, -0.2) is 34.8 Å². The number of azide groups is 1. The average molecular weight is 448 g/mol. The molecule has 1 aliphatic rings. The van der Waals surface area contributed by atoms with Crippen molar-refractivity contribution < 1.29 is 13.9 Å². The molecule has 0 spiro atoms. The van der Waals surface area contributed by atoms with Crippen molar-refractivity contribution >= 4 is 21.9 Å². The lowest BCUT2D eigenvalue weighted by molar-refractivity contribution is -0.155. The van der Waals surface area contributed by atoms with Gasteiger partial charge in [0.25, 0.3) is 0 Å². The van der Waals surface area contributed by atoms with Crippen LogP contribution < -0.4 is 0 Å². The Morgan fingerprint density at radius 3 is 2.86 bits per heavy atom. The van der Waals surface area contributed by atoms with Crippen LogP contribution in [0.15, 0.2) is 46.2 Å². The molecule has 1 heterocycles. The van der Waals surface area contributed by atoms with Crippen molar-refractivity contribution in [3.8, 4) is 11.4 Å². The molecule has 9 heteroatoms. The van der Waals surface area contributed by atoms with E-state index in [0.717, 1.165) is 15.6 Å². The van der Waals surface area contributed by atoms with Gasteiger partial charge in [0.05, 0.1) is 22.5 Å². The molecular weight excluding hydrogens is 429 g/mol. The molecule has 146 valence electrons. The second-order valence-corrected chi connectivity index (χ2v) is 7.72. The first-order valence-electron chi connectivity index (χ1n) is 8.90. The van der Waals surface area contributed by atoms with Crippen LogP contribution in [0.25, 0.3) is 21.8 Å². The molecule has 0 amide bonds. The summed E-state index contributed by atoms with van der Waals surface area (Å²) in [4.78, 5) is 24.0. The number of carbonyl (C=O) groups excluding carboxylic acids is 1. The fourth-order valence-corrected chi connectivity index (χ4v) is 3.84. The standard InChI is InChI=1S/C19H19BrFN5O2/c1-2-28-18(27)19(8-15(21)16(9-19)25-26-22)7-12-4-3-5-13(6-12)17-23-10-14(20)11-24-17/h3-6,10-11,15-16H,2,7-9H2,1H3/t15-,16+,19-/m0/s1. The van der Waals surface area contributed by atoms with E-state index in [9.17, 15) is 9.18 Å². The largest absolute Gasteiger partial charge is 0.466 e. The molecule has 0 aliphatic heterocycles. The van der Waals surface area contributed by atoms with Gasteiger partial charge in [-0.05, 0) is 59.3 Å². The van der Waals surface area contributed by atoms with Crippen LogP contribution in [0.2, 0.25) is 0 Å². The fourth-order valence-electron chi connectivity index (χ4n) is 3.64. The number of hydrogen-bond acceptors (Lipinski definition) is 5. The molecule has 7 nitrogen and oxygen atoms in total. The maximum Gasteiger partial charge on any atom is 0.312 e. The molecule has 1 aliphatic carbocycles. The summed E-state index contributed by atoms with van der Waals surface area (Å²) in [5.74, 6) is 0.0931. The van der Waals surface area contributed by atoms with Gasteiger partial charge in [0.15, 0.2) is 5.82 Å². The van der Waals surface area contributed by atoms with Crippen molar-refractivity contribution in [1.82, 2.24) is 9.97 Å². The molecular formula is C19H19BrFN5O2. The summed E-state index contributed by atoms with van der Waals surface area (Å²) < 4.78 is 20.5. The number of rotatable bonds is 6. The van der Waals surface area contributed by atoms with Crippen LogP contribution in [0.1, 0.15) is 25.3 Å². The first kappa shape index (κ1) is 20.2. The Morgan fingerprint density at radius 1 is 1.43 bits per heavy atom. The SMILES string of the molecule is CCOC(=O)[C@@]1(Cc2cccc(-c3ncc(Br)cn3)c2)C[C@H](F)[C@H](N=[N+]=[N-])C1. The van der Waals surface area contributed by atoms with E-state index in [1.165, 1.54) is 0 Å². The second kappa shape index (κ2) is 8.67. The molecule has 0 radical (unpaired) electrons. The number of halogens is 2. The van der Waals surface area contributed by atoms with Gasteiger partial charge >= 0.3 is 5.97 Å². The Morgan fingerprint density at radius 2 is 2.18 bits per heavy atom. The fraction of sp³-hybridized carbons (Fsp3) is 0.421. The number of ether oxygens (including phenoxy) is 1. The molecule has 0 N–H and O–H groups in total. The lowest BCUT2D eigenvalue weighted by Gasteiger charge is -2.26. The van der Waals surface area contributed by atoms with Crippen molar-refractivity contribution in [1.29, 1.82) is 0 Å². The zero-order valence-corrected chi connectivity index (χ0v) is 16.8. The van der Waals surface area contributed by atoms with Gasteiger partial charge in [-0.25, -0.2) is 14.4 Å². The summed E-state index contributed by atoms with van der Waals surface area (Å²) in [7, 11) is 0. The van der Waals surface area contributed by atoms with E-state index in [1.54, 1.807) is 19.3 Å². The van der Waals surface area contributed by atoms with E-state index >= 15 is 0 Å². The predicted molar refractivity (Wildman–Crippen MR) is 105 cm³/mol. The average Bonchev–Trinajstić information content (AvgIpc) is 2.99. The third-order valence-electron chi connectivity index (χ3n) is 4.86. The quantitative estimate of drug-likeness (QED) is 0.274. The summed E-state index contributed by atoms with van der Waals surface area (Å²) in [5, 5.41) is 3.53. The molecule has 1 aromatic carbocycles. The maximum absolute atomic E-state index is 14.5. The van der Waals surface area contributed by atoms with Crippen molar-refractivity contribution in [3.63, 3.8) is 0 Å². The smallest absolute Gasteiger partial charge is 0.312 e. The van der Waals surface area contributed by atoms with Crippen LogP contribution in [0.3, 0.4) is 0 Å². The molecule has 1 aromatic heterocycles. The minimum Gasteiger partial charge on any atom is -0.466 e. The van der Waals surface area contributed by atoms with Gasteiger partial charge in [-0.15, -0.1) is 0 Å². The predicted octanol–water partition coefficient (Wildman–Crippen LogP) is 4.81. The molecule has 2 aromatic rings. The van der Waals surface area contributed by atoms with Crippen LogP contribution in [0.5, 0.6) is 0 Å². The number of carbonyl (C=O) groups is 1. The highest BCUT2D eigenvalue weighted by molar-refractivity contribution is 9.10. The second-order valence-electron chi connectivity index (χ2n) is 6.80.